The first kappa shape index (κ1) is 13.8. The van der Waals surface area contributed by atoms with Crippen molar-refractivity contribution in [3.8, 4) is 5.75 Å². The van der Waals surface area contributed by atoms with Gasteiger partial charge in [0, 0.05) is 0 Å². The third-order valence-corrected chi connectivity index (χ3v) is 3.01. The van der Waals surface area contributed by atoms with Gasteiger partial charge in [-0.25, -0.2) is 0 Å². The summed E-state index contributed by atoms with van der Waals surface area (Å²) in [6, 6.07) is 6.38. The van der Waals surface area contributed by atoms with Crippen LogP contribution in [0.25, 0.3) is 0 Å². The third kappa shape index (κ3) is 4.71. The summed E-state index contributed by atoms with van der Waals surface area (Å²) in [6.45, 7) is 2.86. The minimum atomic E-state index is 0.750. The highest BCUT2D eigenvalue weighted by molar-refractivity contribution is 7.80. The van der Waals surface area contributed by atoms with Gasteiger partial charge in [-0.3, -0.25) is 0 Å². The van der Waals surface area contributed by atoms with Crippen LogP contribution in [0.1, 0.15) is 24.0 Å². The summed E-state index contributed by atoms with van der Waals surface area (Å²) in [6.07, 6.45) is 3.12. The minimum Gasteiger partial charge on any atom is -0.493 e. The number of benzene rings is 1. The third-order valence-electron chi connectivity index (χ3n) is 2.38. The van der Waals surface area contributed by atoms with Crippen molar-refractivity contribution in [1.82, 2.24) is 0 Å². The van der Waals surface area contributed by atoms with Crippen molar-refractivity contribution in [3.05, 3.63) is 29.3 Å². The summed E-state index contributed by atoms with van der Waals surface area (Å²) in [7, 11) is 0. The van der Waals surface area contributed by atoms with Gasteiger partial charge < -0.3 is 4.74 Å². The van der Waals surface area contributed by atoms with E-state index < -0.39 is 0 Å². The highest BCUT2D eigenvalue weighted by atomic mass is 32.1. The fourth-order valence-electron chi connectivity index (χ4n) is 1.56. The lowest BCUT2D eigenvalue weighted by Crippen LogP contribution is -2.01. The molecule has 0 saturated carbocycles. The summed E-state index contributed by atoms with van der Waals surface area (Å²) < 4.78 is 5.76. The van der Waals surface area contributed by atoms with Crippen molar-refractivity contribution in [2.24, 2.45) is 0 Å². The van der Waals surface area contributed by atoms with Gasteiger partial charge in [0.15, 0.2) is 0 Å². The maximum Gasteiger partial charge on any atom is 0.122 e. The number of aryl methyl sites for hydroxylation is 2. The van der Waals surface area contributed by atoms with E-state index in [2.05, 4.69) is 50.4 Å². The predicted molar refractivity (Wildman–Crippen MR) is 77.3 cm³/mol. The Bertz CT molecular complexity index is 313. The summed E-state index contributed by atoms with van der Waals surface area (Å²) >= 11 is 8.42. The zero-order chi connectivity index (χ0) is 11.8. The lowest BCUT2D eigenvalue weighted by atomic mass is 10.1. The molecule has 0 spiro atoms. The summed E-state index contributed by atoms with van der Waals surface area (Å²) in [5, 5.41) is 0. The molecule has 0 heterocycles. The number of ether oxygens (including phenoxy) is 1. The van der Waals surface area contributed by atoms with Gasteiger partial charge in [0.1, 0.15) is 5.75 Å². The molecule has 1 aromatic carbocycles. The molecule has 0 fully saturated rings. The van der Waals surface area contributed by atoms with Crippen LogP contribution < -0.4 is 4.74 Å². The van der Waals surface area contributed by atoms with Crippen LogP contribution >= 0.6 is 25.3 Å². The van der Waals surface area contributed by atoms with Crippen LogP contribution in [0, 0.1) is 6.92 Å². The van der Waals surface area contributed by atoms with Crippen LogP contribution in [-0.4, -0.2) is 18.1 Å². The van der Waals surface area contributed by atoms with Crippen molar-refractivity contribution >= 4 is 25.3 Å². The van der Waals surface area contributed by atoms with Gasteiger partial charge in [0.05, 0.1) is 6.61 Å². The van der Waals surface area contributed by atoms with E-state index in [0.29, 0.717) is 0 Å². The molecule has 0 aromatic heterocycles. The molecule has 0 radical (unpaired) electrons. The van der Waals surface area contributed by atoms with E-state index in [1.165, 1.54) is 11.1 Å². The average Bonchev–Trinajstić information content (AvgIpc) is 2.29. The van der Waals surface area contributed by atoms with E-state index >= 15 is 0 Å². The van der Waals surface area contributed by atoms with Gasteiger partial charge in [0.25, 0.3) is 0 Å². The molecule has 1 aromatic rings. The SMILES string of the molecule is Cc1ccc(OCCCS)c(CCCS)c1. The molecule has 0 aliphatic rings. The Kier molecular flexibility index (Phi) is 6.81. The topological polar surface area (TPSA) is 9.23 Å². The first-order valence-electron chi connectivity index (χ1n) is 5.72. The standard InChI is InChI=1S/C13H20OS2/c1-11-5-6-13(14-7-3-9-16)12(10-11)4-2-8-15/h5-6,10,15-16H,2-4,7-9H2,1H3. The highest BCUT2D eigenvalue weighted by Crippen LogP contribution is 2.22. The quantitative estimate of drug-likeness (QED) is 0.560. The second-order valence-corrected chi connectivity index (χ2v) is 4.76. The first-order chi connectivity index (χ1) is 7.77. The molecule has 90 valence electrons. The monoisotopic (exact) mass is 256 g/mol. The largest absolute Gasteiger partial charge is 0.493 e. The molecule has 0 amide bonds. The van der Waals surface area contributed by atoms with Crippen LogP contribution in [0.2, 0.25) is 0 Å². The summed E-state index contributed by atoms with van der Waals surface area (Å²) in [4.78, 5) is 0. The molecule has 0 bridgehead atoms. The second-order valence-electron chi connectivity index (χ2n) is 3.86. The Morgan fingerprint density at radius 3 is 2.56 bits per heavy atom. The Hall–Kier alpha value is -0.280. The van der Waals surface area contributed by atoms with E-state index in [0.717, 1.165) is 43.1 Å². The summed E-state index contributed by atoms with van der Waals surface area (Å²) in [5.74, 6) is 2.82. The fourth-order valence-corrected chi connectivity index (χ4v) is 1.85. The molecular weight excluding hydrogens is 236 g/mol. The Balaban J connectivity index is 2.64. The minimum absolute atomic E-state index is 0.750. The Morgan fingerprint density at radius 1 is 1.12 bits per heavy atom. The zero-order valence-electron chi connectivity index (χ0n) is 9.78. The zero-order valence-corrected chi connectivity index (χ0v) is 11.6. The van der Waals surface area contributed by atoms with Crippen LogP contribution in [0.3, 0.4) is 0 Å². The molecule has 0 aliphatic heterocycles. The number of hydrogen-bond donors (Lipinski definition) is 2. The smallest absolute Gasteiger partial charge is 0.122 e. The van der Waals surface area contributed by atoms with Crippen LogP contribution in [0.5, 0.6) is 5.75 Å². The van der Waals surface area contributed by atoms with Crippen molar-refractivity contribution in [2.45, 2.75) is 26.2 Å². The Labute approximate surface area is 109 Å². The van der Waals surface area contributed by atoms with Gasteiger partial charge >= 0.3 is 0 Å². The van der Waals surface area contributed by atoms with Crippen LogP contribution in [-0.2, 0) is 6.42 Å². The van der Waals surface area contributed by atoms with Gasteiger partial charge in [-0.2, -0.15) is 25.3 Å². The molecule has 0 saturated heterocycles. The summed E-state index contributed by atoms with van der Waals surface area (Å²) in [5.41, 5.74) is 2.59. The second kappa shape index (κ2) is 7.91. The lowest BCUT2D eigenvalue weighted by molar-refractivity contribution is 0.315. The maximum absolute atomic E-state index is 5.76. The van der Waals surface area contributed by atoms with E-state index in [-0.39, 0.29) is 0 Å². The normalized spacial score (nSPS) is 10.4. The fraction of sp³-hybridized carbons (Fsp3) is 0.538. The predicted octanol–water partition coefficient (Wildman–Crippen LogP) is 3.56. The average molecular weight is 256 g/mol. The molecule has 0 N–H and O–H groups in total. The van der Waals surface area contributed by atoms with Crippen molar-refractivity contribution in [2.75, 3.05) is 18.1 Å². The highest BCUT2D eigenvalue weighted by Gasteiger charge is 2.03. The molecule has 0 unspecified atom stereocenters. The molecule has 3 heteroatoms. The molecule has 0 aliphatic carbocycles. The molecule has 1 nitrogen and oxygen atoms in total. The van der Waals surface area contributed by atoms with Crippen LogP contribution in [0.15, 0.2) is 18.2 Å². The van der Waals surface area contributed by atoms with Crippen molar-refractivity contribution < 1.29 is 4.74 Å². The van der Waals surface area contributed by atoms with E-state index in [9.17, 15) is 0 Å². The number of thiol groups is 2. The maximum atomic E-state index is 5.76. The lowest BCUT2D eigenvalue weighted by Gasteiger charge is -2.11. The van der Waals surface area contributed by atoms with Gasteiger partial charge in [-0.1, -0.05) is 17.7 Å². The van der Waals surface area contributed by atoms with E-state index in [4.69, 9.17) is 4.74 Å². The van der Waals surface area contributed by atoms with Crippen LogP contribution in [0.4, 0.5) is 0 Å². The van der Waals surface area contributed by atoms with Gasteiger partial charge in [-0.05, 0) is 49.3 Å². The van der Waals surface area contributed by atoms with E-state index in [1.807, 2.05) is 0 Å². The number of hydrogen-bond acceptors (Lipinski definition) is 3. The van der Waals surface area contributed by atoms with E-state index in [1.54, 1.807) is 0 Å². The van der Waals surface area contributed by atoms with Crippen molar-refractivity contribution in [3.63, 3.8) is 0 Å². The molecule has 1 rings (SSSR count). The van der Waals surface area contributed by atoms with Gasteiger partial charge in [-0.15, -0.1) is 0 Å². The molecule has 16 heavy (non-hydrogen) atoms. The van der Waals surface area contributed by atoms with Crippen molar-refractivity contribution in [1.29, 1.82) is 0 Å². The Morgan fingerprint density at radius 2 is 1.88 bits per heavy atom. The van der Waals surface area contributed by atoms with Gasteiger partial charge in [0.2, 0.25) is 0 Å². The first-order valence-corrected chi connectivity index (χ1v) is 6.98. The molecular formula is C13H20OS2. The molecule has 0 atom stereocenters. The number of rotatable bonds is 7.